The number of aromatic nitrogens is 1. The lowest BCUT2D eigenvalue weighted by Gasteiger charge is -2.14. The summed E-state index contributed by atoms with van der Waals surface area (Å²) in [5, 5.41) is 6.13. The van der Waals surface area contributed by atoms with Gasteiger partial charge >= 0.3 is 6.09 Å². The van der Waals surface area contributed by atoms with Crippen molar-refractivity contribution in [1.82, 2.24) is 4.98 Å². The van der Waals surface area contributed by atoms with Gasteiger partial charge in [-0.25, -0.2) is 9.78 Å². The number of ether oxygens (including phenoxy) is 3. The fourth-order valence-electron chi connectivity index (χ4n) is 1.93. The number of benzene rings is 1. The third-order valence-corrected chi connectivity index (χ3v) is 3.32. The summed E-state index contributed by atoms with van der Waals surface area (Å²) in [6.07, 6.45) is 1.03. The average Bonchev–Trinajstić information content (AvgIpc) is 2.58. The largest absolute Gasteiger partial charge is 0.495 e. The molecule has 0 aliphatic rings. The monoisotopic (exact) mass is 351 g/mol. The Balaban J connectivity index is 2.15. The lowest BCUT2D eigenvalue weighted by Crippen LogP contribution is -2.14. The predicted molar refractivity (Wildman–Crippen MR) is 92.7 cm³/mol. The van der Waals surface area contributed by atoms with Crippen molar-refractivity contribution in [3.8, 4) is 11.5 Å². The van der Waals surface area contributed by atoms with Gasteiger partial charge < -0.3 is 19.5 Å². The molecule has 2 rings (SSSR count). The van der Waals surface area contributed by atoms with Crippen molar-refractivity contribution in [2.24, 2.45) is 0 Å². The third-order valence-electron chi connectivity index (χ3n) is 3.02. The van der Waals surface area contributed by atoms with Gasteiger partial charge in [-0.3, -0.25) is 5.32 Å². The highest BCUT2D eigenvalue weighted by molar-refractivity contribution is 6.32. The molecule has 128 valence electrons. The minimum atomic E-state index is -0.546. The molecule has 2 aromatic rings. The van der Waals surface area contributed by atoms with E-state index in [0.717, 1.165) is 0 Å². The quantitative estimate of drug-likeness (QED) is 0.816. The minimum Gasteiger partial charge on any atom is -0.495 e. The van der Waals surface area contributed by atoms with Crippen LogP contribution in [0.5, 0.6) is 11.5 Å². The number of amides is 1. The van der Waals surface area contributed by atoms with E-state index in [1.54, 1.807) is 44.5 Å². The number of carbonyl (C=O) groups is 1. The normalized spacial score (nSPS) is 10.0. The van der Waals surface area contributed by atoms with E-state index in [1.165, 1.54) is 7.11 Å². The summed E-state index contributed by atoms with van der Waals surface area (Å²) in [5.41, 5.74) is 1.37. The number of rotatable bonds is 6. The molecule has 0 saturated heterocycles. The molecule has 1 heterocycles. The van der Waals surface area contributed by atoms with E-state index in [9.17, 15) is 4.79 Å². The van der Waals surface area contributed by atoms with Crippen LogP contribution in [-0.2, 0) is 4.74 Å². The van der Waals surface area contributed by atoms with Crippen molar-refractivity contribution in [1.29, 1.82) is 0 Å². The van der Waals surface area contributed by atoms with Crippen LogP contribution in [0.4, 0.5) is 22.0 Å². The van der Waals surface area contributed by atoms with Crippen LogP contribution in [0.2, 0.25) is 5.02 Å². The maximum Gasteiger partial charge on any atom is 0.412 e. The number of methoxy groups -OCH3 is 2. The molecule has 0 spiro atoms. The van der Waals surface area contributed by atoms with Crippen LogP contribution < -0.4 is 20.1 Å². The van der Waals surface area contributed by atoms with Crippen molar-refractivity contribution in [3.05, 3.63) is 35.5 Å². The number of hydrogen-bond donors (Lipinski definition) is 2. The Bertz CT molecular complexity index is 707. The van der Waals surface area contributed by atoms with E-state index in [-0.39, 0.29) is 0 Å². The molecular weight excluding hydrogens is 334 g/mol. The van der Waals surface area contributed by atoms with Crippen LogP contribution >= 0.6 is 11.6 Å². The first kappa shape index (κ1) is 17.7. The number of anilines is 3. The van der Waals surface area contributed by atoms with Gasteiger partial charge in [0, 0.05) is 12.1 Å². The Kier molecular flexibility index (Phi) is 6.08. The van der Waals surface area contributed by atoms with Crippen LogP contribution in [0.3, 0.4) is 0 Å². The Morgan fingerprint density at radius 1 is 1.21 bits per heavy atom. The number of carbonyl (C=O) groups excluding carboxylic acids is 1. The number of pyridine rings is 1. The van der Waals surface area contributed by atoms with Gasteiger partial charge in [-0.05, 0) is 19.1 Å². The lowest BCUT2D eigenvalue weighted by molar-refractivity contribution is 0.168. The maximum atomic E-state index is 11.3. The summed E-state index contributed by atoms with van der Waals surface area (Å²) in [7, 11) is 3.09. The lowest BCUT2D eigenvalue weighted by atomic mass is 10.2. The summed E-state index contributed by atoms with van der Waals surface area (Å²) in [4.78, 5) is 15.5. The highest BCUT2D eigenvalue weighted by Gasteiger charge is 2.10. The number of halogens is 1. The molecule has 0 aliphatic carbocycles. The van der Waals surface area contributed by atoms with Crippen LogP contribution in [-0.4, -0.2) is 31.9 Å². The molecule has 1 aromatic carbocycles. The average molecular weight is 352 g/mol. The first-order valence-electron chi connectivity index (χ1n) is 7.15. The molecule has 0 fully saturated rings. The molecule has 0 bridgehead atoms. The highest BCUT2D eigenvalue weighted by Crippen LogP contribution is 2.37. The maximum absolute atomic E-state index is 11.3. The zero-order chi connectivity index (χ0) is 17.5. The Hall–Kier alpha value is -2.67. The molecule has 2 N–H and O–H groups in total. The Morgan fingerprint density at radius 3 is 2.54 bits per heavy atom. The molecule has 8 heteroatoms. The molecule has 0 radical (unpaired) electrons. The standard InChI is InChI=1S/C16H18ClN3O4/c1-4-24-16(21)20-15-6-5-10(9-18-15)19-12-8-13(22-2)11(17)7-14(12)23-3/h5-9,19H,4H2,1-3H3,(H,18,20,21). The summed E-state index contributed by atoms with van der Waals surface area (Å²) < 4.78 is 15.3. The Labute approximate surface area is 144 Å². The summed E-state index contributed by atoms with van der Waals surface area (Å²) in [6.45, 7) is 2.03. The van der Waals surface area contributed by atoms with E-state index in [4.69, 9.17) is 25.8 Å². The van der Waals surface area contributed by atoms with Crippen molar-refractivity contribution < 1.29 is 19.0 Å². The molecular formula is C16H18ClN3O4. The summed E-state index contributed by atoms with van der Waals surface area (Å²) in [5.74, 6) is 1.47. The van der Waals surface area contributed by atoms with Gasteiger partial charge in [0.25, 0.3) is 0 Å². The molecule has 0 aliphatic heterocycles. The number of nitrogens with zero attached hydrogens (tertiary/aromatic N) is 1. The minimum absolute atomic E-state index is 0.295. The third kappa shape index (κ3) is 4.42. The number of nitrogens with one attached hydrogen (secondary N) is 2. The van der Waals surface area contributed by atoms with E-state index >= 15 is 0 Å². The molecule has 1 aromatic heterocycles. The van der Waals surface area contributed by atoms with Gasteiger partial charge in [0.1, 0.15) is 17.3 Å². The SMILES string of the molecule is CCOC(=O)Nc1ccc(Nc2cc(OC)c(Cl)cc2OC)cn1. The van der Waals surface area contributed by atoms with Gasteiger partial charge in [0.2, 0.25) is 0 Å². The Morgan fingerprint density at radius 2 is 1.96 bits per heavy atom. The highest BCUT2D eigenvalue weighted by atomic mass is 35.5. The topological polar surface area (TPSA) is 81.7 Å². The molecule has 0 unspecified atom stereocenters. The summed E-state index contributed by atoms with van der Waals surface area (Å²) in [6, 6.07) is 6.80. The second-order valence-electron chi connectivity index (χ2n) is 4.59. The van der Waals surface area contributed by atoms with Gasteiger partial charge in [-0.15, -0.1) is 0 Å². The van der Waals surface area contributed by atoms with Crippen molar-refractivity contribution in [3.63, 3.8) is 0 Å². The van der Waals surface area contributed by atoms with Crippen LogP contribution in [0.25, 0.3) is 0 Å². The van der Waals surface area contributed by atoms with Crippen LogP contribution in [0, 0.1) is 0 Å². The molecule has 7 nitrogen and oxygen atoms in total. The predicted octanol–water partition coefficient (Wildman–Crippen LogP) is 4.06. The first-order chi connectivity index (χ1) is 11.6. The van der Waals surface area contributed by atoms with Crippen LogP contribution in [0.15, 0.2) is 30.5 Å². The van der Waals surface area contributed by atoms with E-state index in [1.807, 2.05) is 0 Å². The summed E-state index contributed by atoms with van der Waals surface area (Å²) >= 11 is 6.08. The van der Waals surface area contributed by atoms with Gasteiger partial charge in [0.15, 0.2) is 0 Å². The van der Waals surface area contributed by atoms with Gasteiger partial charge in [-0.2, -0.15) is 0 Å². The van der Waals surface area contributed by atoms with E-state index in [0.29, 0.717) is 40.3 Å². The number of hydrogen-bond acceptors (Lipinski definition) is 6. The first-order valence-corrected chi connectivity index (χ1v) is 7.53. The second kappa shape index (κ2) is 8.26. The van der Waals surface area contributed by atoms with Crippen molar-refractivity contribution >= 4 is 34.9 Å². The second-order valence-corrected chi connectivity index (χ2v) is 5.00. The fraction of sp³-hybridized carbons (Fsp3) is 0.250. The van der Waals surface area contributed by atoms with E-state index in [2.05, 4.69) is 15.6 Å². The van der Waals surface area contributed by atoms with Gasteiger partial charge in [0.05, 0.1) is 43.4 Å². The van der Waals surface area contributed by atoms with Crippen molar-refractivity contribution in [2.45, 2.75) is 6.92 Å². The van der Waals surface area contributed by atoms with E-state index < -0.39 is 6.09 Å². The fourth-order valence-corrected chi connectivity index (χ4v) is 2.16. The smallest absolute Gasteiger partial charge is 0.412 e. The molecule has 0 saturated carbocycles. The van der Waals surface area contributed by atoms with Gasteiger partial charge in [-0.1, -0.05) is 11.6 Å². The zero-order valence-corrected chi connectivity index (χ0v) is 14.3. The van der Waals surface area contributed by atoms with Crippen LogP contribution in [0.1, 0.15) is 6.92 Å². The molecule has 24 heavy (non-hydrogen) atoms. The molecule has 0 atom stereocenters. The molecule has 1 amide bonds. The zero-order valence-electron chi connectivity index (χ0n) is 13.6. The van der Waals surface area contributed by atoms with Crippen molar-refractivity contribution in [2.75, 3.05) is 31.5 Å².